The van der Waals surface area contributed by atoms with E-state index >= 15 is 0 Å². The molecule has 0 bridgehead atoms. The van der Waals surface area contributed by atoms with Crippen LogP contribution >= 0.6 is 11.5 Å². The van der Waals surface area contributed by atoms with Crippen LogP contribution in [0, 0.1) is 0 Å². The van der Waals surface area contributed by atoms with Crippen LogP contribution in [0.4, 0.5) is 10.8 Å². The topological polar surface area (TPSA) is 97.9 Å². The summed E-state index contributed by atoms with van der Waals surface area (Å²) in [6.45, 7) is 0.583. The van der Waals surface area contributed by atoms with E-state index in [1.165, 1.54) is 11.5 Å². The Morgan fingerprint density at radius 1 is 1.60 bits per heavy atom. The zero-order valence-corrected chi connectivity index (χ0v) is 11.9. The number of hydrogen-bond acceptors (Lipinski definition) is 6. The van der Waals surface area contributed by atoms with Crippen LogP contribution in [-0.2, 0) is 13.6 Å². The van der Waals surface area contributed by atoms with E-state index in [1.54, 1.807) is 10.9 Å². The molecule has 1 aliphatic carbocycles. The molecule has 2 heterocycles. The number of carbonyl (C=O) groups is 1. The minimum atomic E-state index is -0.146. The van der Waals surface area contributed by atoms with Crippen LogP contribution in [0.3, 0.4) is 0 Å². The maximum absolute atomic E-state index is 12.1. The van der Waals surface area contributed by atoms with E-state index in [0.29, 0.717) is 23.2 Å². The molecule has 3 rings (SSSR count). The average Bonchev–Trinajstić information content (AvgIpc) is 2.99. The van der Waals surface area contributed by atoms with Crippen molar-refractivity contribution >= 4 is 28.3 Å². The molecule has 20 heavy (non-hydrogen) atoms. The summed E-state index contributed by atoms with van der Waals surface area (Å²) in [7, 11) is 1.86. The summed E-state index contributed by atoms with van der Waals surface area (Å²) >= 11 is 1.20. The van der Waals surface area contributed by atoms with Crippen LogP contribution in [0.2, 0.25) is 0 Å². The molecule has 1 aliphatic rings. The summed E-state index contributed by atoms with van der Waals surface area (Å²) in [6, 6.07) is 0.299. The summed E-state index contributed by atoms with van der Waals surface area (Å²) in [5.74, 6) is 0.134. The van der Waals surface area contributed by atoms with E-state index in [-0.39, 0.29) is 11.7 Å². The Morgan fingerprint density at radius 2 is 2.40 bits per heavy atom. The number of rotatable bonds is 5. The van der Waals surface area contributed by atoms with Gasteiger partial charge in [0.2, 0.25) is 0 Å². The lowest BCUT2D eigenvalue weighted by molar-refractivity contribution is 0.0953. The molecule has 2 aromatic heterocycles. The highest BCUT2D eigenvalue weighted by Gasteiger charge is 2.27. The predicted octanol–water partition coefficient (Wildman–Crippen LogP) is 0.963. The van der Waals surface area contributed by atoms with E-state index in [4.69, 9.17) is 5.73 Å². The number of aryl methyl sites for hydroxylation is 1. The highest BCUT2D eigenvalue weighted by Crippen LogP contribution is 2.28. The SMILES string of the molecule is Cn1cc(CNc2snc(N)c2C(=O)NC2CC2)cn1. The third kappa shape index (κ3) is 2.74. The number of aromatic nitrogens is 3. The van der Waals surface area contributed by atoms with Gasteiger partial charge in [0.1, 0.15) is 10.6 Å². The van der Waals surface area contributed by atoms with E-state index < -0.39 is 0 Å². The lowest BCUT2D eigenvalue weighted by Gasteiger charge is -2.06. The van der Waals surface area contributed by atoms with Gasteiger partial charge < -0.3 is 16.4 Å². The van der Waals surface area contributed by atoms with Crippen molar-refractivity contribution in [1.82, 2.24) is 19.5 Å². The first-order chi connectivity index (χ1) is 9.63. The standard InChI is InChI=1S/C12H16N6OS/c1-18-6-7(5-15-18)4-14-12-9(10(13)17-20-12)11(19)16-8-2-3-8/h5-6,8,14H,2-4H2,1H3,(H2,13,17)(H,16,19). The molecule has 0 atom stereocenters. The minimum absolute atomic E-state index is 0.146. The molecule has 1 saturated carbocycles. The van der Waals surface area contributed by atoms with Crippen LogP contribution in [0.5, 0.6) is 0 Å². The molecular formula is C12H16N6OS. The fourth-order valence-electron chi connectivity index (χ4n) is 1.87. The largest absolute Gasteiger partial charge is 0.382 e. The van der Waals surface area contributed by atoms with Gasteiger partial charge in [-0.3, -0.25) is 9.48 Å². The van der Waals surface area contributed by atoms with Gasteiger partial charge in [0.15, 0.2) is 5.82 Å². The van der Waals surface area contributed by atoms with E-state index in [1.807, 2.05) is 13.2 Å². The van der Waals surface area contributed by atoms with Gasteiger partial charge >= 0.3 is 0 Å². The molecule has 4 N–H and O–H groups in total. The van der Waals surface area contributed by atoms with Crippen molar-refractivity contribution in [3.8, 4) is 0 Å². The first-order valence-corrected chi connectivity index (χ1v) is 7.18. The van der Waals surface area contributed by atoms with Gasteiger partial charge in [-0.2, -0.15) is 9.47 Å². The maximum atomic E-state index is 12.1. The second kappa shape index (κ2) is 5.12. The van der Waals surface area contributed by atoms with Gasteiger partial charge in [0, 0.05) is 31.4 Å². The monoisotopic (exact) mass is 292 g/mol. The molecule has 106 valence electrons. The highest BCUT2D eigenvalue weighted by atomic mass is 32.1. The summed E-state index contributed by atoms with van der Waals surface area (Å²) in [5.41, 5.74) is 7.28. The van der Waals surface area contributed by atoms with Crippen LogP contribution in [0.15, 0.2) is 12.4 Å². The Labute approximate surface area is 120 Å². The van der Waals surface area contributed by atoms with Crippen molar-refractivity contribution in [2.75, 3.05) is 11.1 Å². The van der Waals surface area contributed by atoms with Gasteiger partial charge in [-0.25, -0.2) is 0 Å². The Kier molecular flexibility index (Phi) is 3.31. The van der Waals surface area contributed by atoms with Gasteiger partial charge in [0.25, 0.3) is 5.91 Å². The highest BCUT2D eigenvalue weighted by molar-refractivity contribution is 7.11. The molecule has 0 aromatic carbocycles. The third-order valence-electron chi connectivity index (χ3n) is 3.07. The molecule has 0 unspecified atom stereocenters. The van der Waals surface area contributed by atoms with E-state index in [0.717, 1.165) is 18.4 Å². The molecule has 2 aromatic rings. The van der Waals surface area contributed by atoms with Crippen molar-refractivity contribution in [1.29, 1.82) is 0 Å². The summed E-state index contributed by atoms with van der Waals surface area (Å²) in [5, 5.41) is 10.9. The van der Waals surface area contributed by atoms with Crippen molar-refractivity contribution in [2.24, 2.45) is 7.05 Å². The van der Waals surface area contributed by atoms with Gasteiger partial charge in [0.05, 0.1) is 6.20 Å². The normalized spacial score (nSPS) is 14.2. The number of carbonyl (C=O) groups excluding carboxylic acids is 1. The zero-order chi connectivity index (χ0) is 14.1. The molecule has 0 spiro atoms. The number of amides is 1. The van der Waals surface area contributed by atoms with Crippen LogP contribution in [0.25, 0.3) is 0 Å². The van der Waals surface area contributed by atoms with Crippen LogP contribution < -0.4 is 16.4 Å². The summed E-state index contributed by atoms with van der Waals surface area (Å²) in [6.07, 6.45) is 5.78. The van der Waals surface area contributed by atoms with Crippen molar-refractivity contribution < 1.29 is 4.79 Å². The number of nitrogen functional groups attached to an aromatic ring is 1. The van der Waals surface area contributed by atoms with Crippen LogP contribution in [-0.4, -0.2) is 26.1 Å². The lowest BCUT2D eigenvalue weighted by atomic mass is 10.2. The molecule has 7 nitrogen and oxygen atoms in total. The Morgan fingerprint density at radius 3 is 3.05 bits per heavy atom. The fraction of sp³-hybridized carbons (Fsp3) is 0.417. The Hall–Kier alpha value is -2.09. The molecule has 0 radical (unpaired) electrons. The third-order valence-corrected chi connectivity index (χ3v) is 3.89. The number of nitrogens with zero attached hydrogens (tertiary/aromatic N) is 3. The van der Waals surface area contributed by atoms with Crippen molar-refractivity contribution in [2.45, 2.75) is 25.4 Å². The van der Waals surface area contributed by atoms with Crippen LogP contribution in [0.1, 0.15) is 28.8 Å². The van der Waals surface area contributed by atoms with Crippen molar-refractivity contribution in [3.63, 3.8) is 0 Å². The number of anilines is 2. The zero-order valence-electron chi connectivity index (χ0n) is 11.1. The summed E-state index contributed by atoms with van der Waals surface area (Å²) in [4.78, 5) is 12.1. The average molecular weight is 292 g/mol. The Balaban J connectivity index is 1.70. The minimum Gasteiger partial charge on any atom is -0.382 e. The first kappa shape index (κ1) is 12.9. The van der Waals surface area contributed by atoms with E-state index in [2.05, 4.69) is 20.1 Å². The molecular weight excluding hydrogens is 276 g/mol. The van der Waals surface area contributed by atoms with Gasteiger partial charge in [-0.15, -0.1) is 0 Å². The number of hydrogen-bond donors (Lipinski definition) is 3. The molecule has 1 amide bonds. The smallest absolute Gasteiger partial charge is 0.258 e. The quantitative estimate of drug-likeness (QED) is 0.762. The second-order valence-corrected chi connectivity index (χ2v) is 5.67. The molecule has 0 saturated heterocycles. The Bertz CT molecular complexity index is 630. The molecule has 0 aliphatic heterocycles. The number of nitrogens with two attached hydrogens (primary N) is 1. The first-order valence-electron chi connectivity index (χ1n) is 6.41. The predicted molar refractivity (Wildman–Crippen MR) is 77.5 cm³/mol. The van der Waals surface area contributed by atoms with Crippen molar-refractivity contribution in [3.05, 3.63) is 23.5 Å². The molecule has 1 fully saturated rings. The second-order valence-electron chi connectivity index (χ2n) is 4.90. The van der Waals surface area contributed by atoms with E-state index in [9.17, 15) is 4.79 Å². The van der Waals surface area contributed by atoms with Gasteiger partial charge in [-0.1, -0.05) is 0 Å². The number of nitrogens with one attached hydrogen (secondary N) is 2. The van der Waals surface area contributed by atoms with Gasteiger partial charge in [-0.05, 0) is 24.4 Å². The maximum Gasteiger partial charge on any atom is 0.258 e. The summed E-state index contributed by atoms with van der Waals surface area (Å²) < 4.78 is 5.79. The molecule has 8 heteroatoms. The fourth-order valence-corrected chi connectivity index (χ4v) is 2.58. The lowest BCUT2D eigenvalue weighted by Crippen LogP contribution is -2.26.